The summed E-state index contributed by atoms with van der Waals surface area (Å²) in [5.74, 6) is 0.0878. The van der Waals surface area contributed by atoms with Crippen molar-refractivity contribution in [1.29, 1.82) is 0 Å². The van der Waals surface area contributed by atoms with Gasteiger partial charge < -0.3 is 10.3 Å². The summed E-state index contributed by atoms with van der Waals surface area (Å²) in [4.78, 5) is 14.5. The minimum Gasteiger partial charge on any atom is -0.357 e. The number of H-pyrrole nitrogens is 1. The summed E-state index contributed by atoms with van der Waals surface area (Å²) in [6, 6.07) is 22.8. The van der Waals surface area contributed by atoms with Gasteiger partial charge in [0.15, 0.2) is 0 Å². The minimum absolute atomic E-state index is 0.0878. The number of hydrogen-bond donors (Lipinski definition) is 2. The van der Waals surface area contributed by atoms with Crippen molar-refractivity contribution in [2.75, 3.05) is 6.54 Å². The predicted molar refractivity (Wildman–Crippen MR) is 115 cm³/mol. The largest absolute Gasteiger partial charge is 0.357 e. The van der Waals surface area contributed by atoms with Gasteiger partial charge in [0.2, 0.25) is 0 Å². The fourth-order valence-corrected chi connectivity index (χ4v) is 4.62. The quantitative estimate of drug-likeness (QED) is 0.348. The zero-order valence-corrected chi connectivity index (χ0v) is 16.2. The van der Waals surface area contributed by atoms with Crippen molar-refractivity contribution in [3.05, 3.63) is 110 Å². The third kappa shape index (κ3) is 2.99. The van der Waals surface area contributed by atoms with Gasteiger partial charge in [-0.25, -0.2) is 0 Å². The molecule has 0 amide bonds. The minimum atomic E-state index is -0.356. The van der Waals surface area contributed by atoms with Crippen LogP contribution in [0.4, 0.5) is 5.69 Å². The van der Waals surface area contributed by atoms with Crippen molar-refractivity contribution in [2.24, 2.45) is 0 Å². The molecule has 1 aromatic heterocycles. The highest BCUT2D eigenvalue weighted by Crippen LogP contribution is 2.43. The molecule has 1 aliphatic rings. The van der Waals surface area contributed by atoms with E-state index in [-0.39, 0.29) is 22.6 Å². The van der Waals surface area contributed by atoms with Crippen LogP contribution in [0.3, 0.4) is 0 Å². The molecule has 2 N–H and O–H groups in total. The molecule has 2 atom stereocenters. The summed E-state index contributed by atoms with van der Waals surface area (Å²) >= 11 is 6.54. The fraction of sp³-hybridized carbons (Fsp3) is 0.130. The van der Waals surface area contributed by atoms with E-state index in [2.05, 4.69) is 28.5 Å². The van der Waals surface area contributed by atoms with Crippen LogP contribution in [0, 0.1) is 10.1 Å². The van der Waals surface area contributed by atoms with E-state index in [1.165, 1.54) is 11.6 Å². The highest BCUT2D eigenvalue weighted by atomic mass is 35.5. The van der Waals surface area contributed by atoms with E-state index in [0.717, 1.165) is 32.7 Å². The van der Waals surface area contributed by atoms with Crippen molar-refractivity contribution in [3.8, 4) is 0 Å². The smallest absolute Gasteiger partial charge is 0.269 e. The molecular formula is C23H18ClN3O2. The third-order valence-corrected chi connectivity index (χ3v) is 5.98. The van der Waals surface area contributed by atoms with Crippen molar-refractivity contribution >= 4 is 28.2 Å². The summed E-state index contributed by atoms with van der Waals surface area (Å²) < 4.78 is 0. The first-order chi connectivity index (χ1) is 14.1. The van der Waals surface area contributed by atoms with Crippen LogP contribution < -0.4 is 5.32 Å². The number of rotatable bonds is 3. The number of aromatic nitrogens is 1. The van der Waals surface area contributed by atoms with E-state index in [4.69, 9.17) is 11.6 Å². The summed E-state index contributed by atoms with van der Waals surface area (Å²) in [7, 11) is 0. The number of nitro groups is 1. The van der Waals surface area contributed by atoms with Gasteiger partial charge in [0.05, 0.1) is 11.0 Å². The molecule has 0 bridgehead atoms. The van der Waals surface area contributed by atoms with Gasteiger partial charge in [-0.15, -0.1) is 0 Å². The molecule has 1 aliphatic heterocycles. The average Bonchev–Trinajstić information content (AvgIpc) is 3.13. The normalized spacial score (nSPS) is 18.5. The number of nitrogens with zero attached hydrogens (tertiary/aromatic N) is 1. The van der Waals surface area contributed by atoms with Crippen LogP contribution >= 0.6 is 11.6 Å². The Hall–Kier alpha value is -3.15. The van der Waals surface area contributed by atoms with Crippen molar-refractivity contribution in [3.63, 3.8) is 0 Å². The first-order valence-corrected chi connectivity index (χ1v) is 9.84. The molecule has 2 heterocycles. The molecule has 6 heteroatoms. The van der Waals surface area contributed by atoms with Crippen LogP contribution in [-0.4, -0.2) is 16.5 Å². The van der Waals surface area contributed by atoms with Gasteiger partial charge in [0.25, 0.3) is 5.69 Å². The monoisotopic (exact) mass is 403 g/mol. The van der Waals surface area contributed by atoms with Crippen LogP contribution in [0.5, 0.6) is 0 Å². The highest BCUT2D eigenvalue weighted by Gasteiger charge is 2.33. The Morgan fingerprint density at radius 1 is 1.00 bits per heavy atom. The fourth-order valence-electron chi connectivity index (χ4n) is 4.35. The van der Waals surface area contributed by atoms with Crippen molar-refractivity contribution in [2.45, 2.75) is 12.0 Å². The number of halogens is 1. The van der Waals surface area contributed by atoms with Crippen LogP contribution in [-0.2, 0) is 0 Å². The third-order valence-electron chi connectivity index (χ3n) is 5.63. The lowest BCUT2D eigenvalue weighted by molar-refractivity contribution is -0.384. The molecule has 0 radical (unpaired) electrons. The molecule has 5 rings (SSSR count). The topological polar surface area (TPSA) is 71.0 Å². The molecule has 3 aromatic carbocycles. The van der Waals surface area contributed by atoms with E-state index >= 15 is 0 Å². The van der Waals surface area contributed by atoms with Gasteiger partial charge in [0, 0.05) is 46.2 Å². The van der Waals surface area contributed by atoms with Gasteiger partial charge in [-0.1, -0.05) is 60.1 Å². The van der Waals surface area contributed by atoms with Gasteiger partial charge in [-0.3, -0.25) is 10.1 Å². The second kappa shape index (κ2) is 7.03. The zero-order valence-electron chi connectivity index (χ0n) is 15.4. The molecule has 0 fully saturated rings. The second-order valence-corrected chi connectivity index (χ2v) is 7.67. The zero-order chi connectivity index (χ0) is 20.0. The van der Waals surface area contributed by atoms with Gasteiger partial charge in [0.1, 0.15) is 0 Å². The molecule has 29 heavy (non-hydrogen) atoms. The number of benzene rings is 3. The Balaban J connectivity index is 1.70. The van der Waals surface area contributed by atoms with E-state index in [0.29, 0.717) is 6.54 Å². The number of aromatic amines is 1. The number of para-hydroxylation sites is 1. The van der Waals surface area contributed by atoms with Gasteiger partial charge in [-0.05, 0) is 28.8 Å². The Morgan fingerprint density at radius 2 is 1.79 bits per heavy atom. The number of nitrogens with one attached hydrogen (secondary N) is 2. The number of fused-ring (bicyclic) bond motifs is 3. The first-order valence-electron chi connectivity index (χ1n) is 9.46. The molecule has 0 unspecified atom stereocenters. The highest BCUT2D eigenvalue weighted by molar-refractivity contribution is 6.31. The molecule has 0 saturated carbocycles. The Bertz CT molecular complexity index is 1230. The first kappa shape index (κ1) is 17.9. The lowest BCUT2D eigenvalue weighted by Gasteiger charge is -2.31. The molecule has 0 aliphatic carbocycles. The van der Waals surface area contributed by atoms with Crippen LogP contribution in [0.25, 0.3) is 10.9 Å². The summed E-state index contributed by atoms with van der Waals surface area (Å²) in [5.41, 5.74) is 5.31. The lowest BCUT2D eigenvalue weighted by Crippen LogP contribution is -2.34. The van der Waals surface area contributed by atoms with E-state index < -0.39 is 0 Å². The van der Waals surface area contributed by atoms with Crippen LogP contribution in [0.2, 0.25) is 5.02 Å². The maximum absolute atomic E-state index is 11.3. The second-order valence-electron chi connectivity index (χ2n) is 7.27. The summed E-state index contributed by atoms with van der Waals surface area (Å²) in [6.45, 7) is 0.686. The Morgan fingerprint density at radius 3 is 2.62 bits per heavy atom. The van der Waals surface area contributed by atoms with Crippen LogP contribution in [0.15, 0.2) is 72.8 Å². The number of nitro benzene ring substituents is 1. The lowest BCUT2D eigenvalue weighted by atomic mass is 9.83. The molecule has 0 spiro atoms. The summed E-state index contributed by atoms with van der Waals surface area (Å²) in [6.07, 6.45) is 0. The van der Waals surface area contributed by atoms with Crippen molar-refractivity contribution < 1.29 is 4.92 Å². The van der Waals surface area contributed by atoms with E-state index in [1.807, 2.05) is 36.4 Å². The maximum atomic E-state index is 11.3. The van der Waals surface area contributed by atoms with Crippen molar-refractivity contribution in [1.82, 2.24) is 10.3 Å². The van der Waals surface area contributed by atoms with E-state index in [9.17, 15) is 10.1 Å². The van der Waals surface area contributed by atoms with E-state index in [1.54, 1.807) is 12.1 Å². The molecule has 144 valence electrons. The molecule has 5 nitrogen and oxygen atoms in total. The SMILES string of the molecule is O=[N+]([O-])c1cccc([C@H]2NC[C@H](c3ccccc3Cl)c3c2[nH]c2ccccc32)c1. The Labute approximate surface area is 172 Å². The van der Waals surface area contributed by atoms with Gasteiger partial charge in [-0.2, -0.15) is 0 Å². The number of hydrogen-bond acceptors (Lipinski definition) is 3. The predicted octanol–water partition coefficient (Wildman–Crippen LogP) is 5.55. The Kier molecular flexibility index (Phi) is 4.34. The molecule has 0 saturated heterocycles. The molecule has 4 aromatic rings. The molecular weight excluding hydrogens is 386 g/mol. The number of non-ortho nitro benzene ring substituents is 1. The maximum Gasteiger partial charge on any atom is 0.269 e. The standard InChI is InChI=1S/C23H18ClN3O2/c24-19-10-3-1-8-16(19)18-13-25-22(14-6-5-7-15(12-14)27(28)29)23-21(18)17-9-2-4-11-20(17)26-23/h1-12,18,22,25-26H,13H2/t18-,22-/m1/s1. The van der Waals surface area contributed by atoms with Gasteiger partial charge >= 0.3 is 0 Å². The summed E-state index contributed by atoms with van der Waals surface area (Å²) in [5, 5.41) is 16.7. The average molecular weight is 404 g/mol. The van der Waals surface area contributed by atoms with Crippen LogP contribution in [0.1, 0.15) is 34.3 Å².